The molecule has 2 aromatic heterocycles. The molecule has 0 bridgehead atoms. The minimum absolute atomic E-state index is 0.0267. The van der Waals surface area contributed by atoms with Crippen LogP contribution in [0, 0.1) is 10.1 Å². The fourth-order valence-corrected chi connectivity index (χ4v) is 1.59. The van der Waals surface area contributed by atoms with Crippen LogP contribution in [-0.2, 0) is 0 Å². The number of carbonyl (C=O) groups is 1. The van der Waals surface area contributed by atoms with Gasteiger partial charge in [-0.3, -0.25) is 14.9 Å². The Hall–Kier alpha value is -2.48. The molecule has 0 saturated carbocycles. The van der Waals surface area contributed by atoms with E-state index in [4.69, 9.17) is 11.6 Å². The van der Waals surface area contributed by atoms with Crippen molar-refractivity contribution in [3.63, 3.8) is 0 Å². The minimum Gasteiger partial charge on any atom is -0.354 e. The highest BCUT2D eigenvalue weighted by atomic mass is 35.5. The fourth-order valence-electron chi connectivity index (χ4n) is 1.39. The molecule has 0 aromatic carbocycles. The molecule has 0 unspecified atom stereocenters. The van der Waals surface area contributed by atoms with Crippen molar-refractivity contribution in [1.82, 2.24) is 20.1 Å². The molecule has 1 N–H and O–H groups in total. The zero-order valence-electron chi connectivity index (χ0n) is 9.70. The second kappa shape index (κ2) is 5.02. The lowest BCUT2D eigenvalue weighted by molar-refractivity contribution is -0.384. The molecule has 0 radical (unpaired) electrons. The van der Waals surface area contributed by atoms with E-state index in [-0.39, 0.29) is 28.3 Å². The third-order valence-corrected chi connectivity index (χ3v) is 2.45. The predicted molar refractivity (Wildman–Crippen MR) is 66.4 cm³/mol. The summed E-state index contributed by atoms with van der Waals surface area (Å²) in [7, 11) is 1.48. The summed E-state index contributed by atoms with van der Waals surface area (Å²) in [5.41, 5.74) is -0.0288. The fraction of sp³-hybridized carbons (Fsp3) is 0.100. The first-order valence-corrected chi connectivity index (χ1v) is 5.49. The molecular weight excluding hydrogens is 274 g/mol. The van der Waals surface area contributed by atoms with Crippen LogP contribution < -0.4 is 5.32 Å². The molecule has 9 heteroatoms. The van der Waals surface area contributed by atoms with E-state index in [9.17, 15) is 14.9 Å². The highest BCUT2D eigenvalue weighted by molar-refractivity contribution is 6.29. The number of rotatable bonds is 3. The summed E-state index contributed by atoms with van der Waals surface area (Å²) in [5.74, 6) is -0.204. The molecule has 0 atom stereocenters. The Morgan fingerprint density at radius 2 is 2.26 bits per heavy atom. The Labute approximate surface area is 112 Å². The zero-order chi connectivity index (χ0) is 14.0. The number of amides is 1. The van der Waals surface area contributed by atoms with E-state index in [1.165, 1.54) is 30.1 Å². The second-order valence-electron chi connectivity index (χ2n) is 3.49. The molecule has 2 rings (SSSR count). The Kier molecular flexibility index (Phi) is 3.43. The van der Waals surface area contributed by atoms with Crippen molar-refractivity contribution in [3.05, 3.63) is 45.4 Å². The average Bonchev–Trinajstić information content (AvgIpc) is 2.86. The van der Waals surface area contributed by atoms with Crippen molar-refractivity contribution in [2.24, 2.45) is 0 Å². The highest BCUT2D eigenvalue weighted by Gasteiger charge is 2.14. The molecule has 2 aromatic rings. The van der Waals surface area contributed by atoms with E-state index >= 15 is 0 Å². The normalized spacial score (nSPS) is 10.2. The monoisotopic (exact) mass is 281 g/mol. The summed E-state index contributed by atoms with van der Waals surface area (Å²) in [5, 5.41) is 17.1. The topological polar surface area (TPSA) is 103 Å². The van der Waals surface area contributed by atoms with E-state index in [0.717, 1.165) is 6.07 Å². The van der Waals surface area contributed by atoms with Crippen molar-refractivity contribution < 1.29 is 9.72 Å². The Balaban J connectivity index is 2.44. The van der Waals surface area contributed by atoms with Crippen molar-refractivity contribution in [3.8, 4) is 5.82 Å². The van der Waals surface area contributed by atoms with E-state index in [1.807, 2.05) is 0 Å². The minimum atomic E-state index is -0.583. The number of nitrogens with one attached hydrogen (secondary N) is 1. The number of halogens is 1. The standard InChI is InChI=1S/C10H8ClN5O3/c1-12-10(17)7-2-3-15(14-7)9-5-6(16(18)19)4-8(11)13-9/h2-5H,1H3,(H,12,17). The first-order chi connectivity index (χ1) is 9.01. The SMILES string of the molecule is CNC(=O)c1ccn(-c2cc([N+](=O)[O-])cc(Cl)n2)n1. The van der Waals surface area contributed by atoms with Crippen molar-refractivity contribution >= 4 is 23.2 Å². The van der Waals surface area contributed by atoms with Crippen molar-refractivity contribution in [2.45, 2.75) is 0 Å². The van der Waals surface area contributed by atoms with Crippen LogP contribution in [0.2, 0.25) is 5.15 Å². The third kappa shape index (κ3) is 2.68. The molecule has 98 valence electrons. The number of aromatic nitrogens is 3. The summed E-state index contributed by atoms with van der Waals surface area (Å²) >= 11 is 5.70. The quantitative estimate of drug-likeness (QED) is 0.517. The zero-order valence-corrected chi connectivity index (χ0v) is 10.5. The molecule has 1 amide bonds. The first kappa shape index (κ1) is 13.0. The maximum Gasteiger partial charge on any atom is 0.276 e. The molecular formula is C10H8ClN5O3. The van der Waals surface area contributed by atoms with Crippen LogP contribution in [0.1, 0.15) is 10.5 Å². The second-order valence-corrected chi connectivity index (χ2v) is 3.88. The van der Waals surface area contributed by atoms with Crippen molar-refractivity contribution in [2.75, 3.05) is 7.05 Å². The Bertz CT molecular complexity index is 654. The molecule has 0 fully saturated rings. The lowest BCUT2D eigenvalue weighted by Gasteiger charge is -2.01. The van der Waals surface area contributed by atoms with Crippen LogP contribution in [0.25, 0.3) is 5.82 Å². The van der Waals surface area contributed by atoms with E-state index < -0.39 is 4.92 Å². The summed E-state index contributed by atoms with van der Waals surface area (Å²) in [6.07, 6.45) is 1.47. The van der Waals surface area contributed by atoms with Crippen LogP contribution in [-0.4, -0.2) is 32.6 Å². The average molecular weight is 282 g/mol. The van der Waals surface area contributed by atoms with Gasteiger partial charge in [0.25, 0.3) is 11.6 Å². The van der Waals surface area contributed by atoms with Gasteiger partial charge in [0.05, 0.1) is 17.1 Å². The van der Waals surface area contributed by atoms with Gasteiger partial charge in [-0.25, -0.2) is 9.67 Å². The molecule has 0 aliphatic carbocycles. The van der Waals surface area contributed by atoms with E-state index in [0.29, 0.717) is 0 Å². The molecule has 19 heavy (non-hydrogen) atoms. The van der Waals surface area contributed by atoms with Gasteiger partial charge >= 0.3 is 0 Å². The summed E-state index contributed by atoms with van der Waals surface area (Å²) < 4.78 is 1.24. The number of carbonyl (C=O) groups excluding carboxylic acids is 1. The van der Waals surface area contributed by atoms with E-state index in [1.54, 1.807) is 0 Å². The molecule has 0 saturated heterocycles. The van der Waals surface area contributed by atoms with Crippen LogP contribution in [0.4, 0.5) is 5.69 Å². The van der Waals surface area contributed by atoms with Gasteiger partial charge < -0.3 is 5.32 Å². The van der Waals surface area contributed by atoms with Crippen LogP contribution in [0.3, 0.4) is 0 Å². The molecule has 0 aliphatic rings. The predicted octanol–water partition coefficient (Wildman–Crippen LogP) is 1.19. The maximum atomic E-state index is 11.4. The lowest BCUT2D eigenvalue weighted by Crippen LogP contribution is -2.18. The summed E-state index contributed by atoms with van der Waals surface area (Å²) in [6.45, 7) is 0. The van der Waals surface area contributed by atoms with Gasteiger partial charge in [-0.1, -0.05) is 11.6 Å². The van der Waals surface area contributed by atoms with Gasteiger partial charge in [-0.05, 0) is 6.07 Å². The number of hydrogen-bond acceptors (Lipinski definition) is 5. The summed E-state index contributed by atoms with van der Waals surface area (Å²) in [6, 6.07) is 3.81. The largest absolute Gasteiger partial charge is 0.354 e. The smallest absolute Gasteiger partial charge is 0.276 e. The molecule has 8 nitrogen and oxygen atoms in total. The Morgan fingerprint density at radius 1 is 1.53 bits per heavy atom. The number of nitrogens with zero attached hydrogens (tertiary/aromatic N) is 4. The molecule has 2 heterocycles. The number of pyridine rings is 1. The molecule has 0 aliphatic heterocycles. The number of hydrogen-bond donors (Lipinski definition) is 1. The molecule has 0 spiro atoms. The third-order valence-electron chi connectivity index (χ3n) is 2.26. The van der Waals surface area contributed by atoms with Crippen molar-refractivity contribution in [1.29, 1.82) is 0 Å². The Morgan fingerprint density at radius 3 is 2.89 bits per heavy atom. The van der Waals surface area contributed by atoms with Gasteiger partial charge in [-0.15, -0.1) is 0 Å². The van der Waals surface area contributed by atoms with Gasteiger partial charge in [0.1, 0.15) is 5.15 Å². The van der Waals surface area contributed by atoms with Crippen LogP contribution >= 0.6 is 11.6 Å². The van der Waals surface area contributed by atoms with Crippen LogP contribution in [0.5, 0.6) is 0 Å². The van der Waals surface area contributed by atoms with E-state index in [2.05, 4.69) is 15.4 Å². The van der Waals surface area contributed by atoms with Gasteiger partial charge in [-0.2, -0.15) is 5.10 Å². The number of nitro groups is 1. The van der Waals surface area contributed by atoms with Gasteiger partial charge in [0, 0.05) is 13.2 Å². The van der Waals surface area contributed by atoms with Gasteiger partial charge in [0.15, 0.2) is 11.5 Å². The lowest BCUT2D eigenvalue weighted by atomic mass is 10.4. The highest BCUT2D eigenvalue weighted by Crippen LogP contribution is 2.19. The van der Waals surface area contributed by atoms with Gasteiger partial charge in [0.2, 0.25) is 0 Å². The summed E-state index contributed by atoms with van der Waals surface area (Å²) in [4.78, 5) is 25.4. The first-order valence-electron chi connectivity index (χ1n) is 5.11. The van der Waals surface area contributed by atoms with Crippen LogP contribution in [0.15, 0.2) is 24.4 Å². The maximum absolute atomic E-state index is 11.4.